The van der Waals surface area contributed by atoms with Crippen molar-refractivity contribution >= 4 is 19.3 Å². The predicted molar refractivity (Wildman–Crippen MR) is 135 cm³/mol. The summed E-state index contributed by atoms with van der Waals surface area (Å²) in [5, 5.41) is 0. The Bertz CT molecular complexity index is 733. The van der Waals surface area contributed by atoms with Crippen LogP contribution in [0.2, 0.25) is 0 Å². The number of anilines is 1. The van der Waals surface area contributed by atoms with Crippen molar-refractivity contribution in [2.24, 2.45) is 0 Å². The van der Waals surface area contributed by atoms with Gasteiger partial charge in [-0.3, -0.25) is 4.58 Å². The van der Waals surface area contributed by atoms with E-state index in [1.807, 2.05) is 32.1 Å². The molecule has 1 aromatic rings. The summed E-state index contributed by atoms with van der Waals surface area (Å²) in [5.74, 6) is 2.47. The summed E-state index contributed by atoms with van der Waals surface area (Å²) in [5.41, 5.74) is 4.35. The van der Waals surface area contributed by atoms with Gasteiger partial charge in [-0.1, -0.05) is 45.9 Å². The van der Waals surface area contributed by atoms with E-state index in [1.54, 1.807) is 0 Å². The van der Waals surface area contributed by atoms with Crippen LogP contribution in [0.15, 0.2) is 18.2 Å². The zero-order chi connectivity index (χ0) is 25.3. The zero-order valence-electron chi connectivity index (χ0n) is 21.0. The van der Waals surface area contributed by atoms with Gasteiger partial charge in [-0.25, -0.2) is 4.90 Å². The molecule has 1 aliphatic heterocycles. The molecule has 190 valence electrons. The van der Waals surface area contributed by atoms with Crippen molar-refractivity contribution in [1.29, 1.82) is 0 Å². The van der Waals surface area contributed by atoms with Gasteiger partial charge in [-0.15, -0.1) is 0 Å². The Kier molecular flexibility index (Phi) is 14.0. The number of benzene rings is 1. The Hall–Kier alpha value is -1.01. The van der Waals surface area contributed by atoms with Crippen LogP contribution < -0.4 is 4.90 Å². The molecular formula is C27H35BF4FeN2+2. The summed E-state index contributed by atoms with van der Waals surface area (Å²) in [6.45, 7) is 13.6. The molecule has 3 aliphatic rings. The average Bonchev–Trinajstić information content (AvgIpc) is 3.55. The van der Waals surface area contributed by atoms with Gasteiger partial charge < -0.3 is 17.3 Å². The smallest absolute Gasteiger partial charge is 0.418 e. The predicted octanol–water partition coefficient (Wildman–Crippen LogP) is 6.91. The summed E-state index contributed by atoms with van der Waals surface area (Å²) in [7, 11) is -6.00. The minimum absolute atomic E-state index is 0. The number of nitrogens with zero attached hydrogens (tertiary/aromatic N) is 2. The first kappa shape index (κ1) is 32.0. The molecule has 0 saturated heterocycles. The molecule has 10 radical (unpaired) electrons. The van der Waals surface area contributed by atoms with Crippen molar-refractivity contribution in [3.63, 3.8) is 0 Å². The standard InChI is InChI=1S/C22H30N2.C5H5.BF4.Fe/c1-16(2)20-11-8-12-21(17(3)4)22(20)24-14-13-23(15-24)18(5)19-9-6-7-10-19;1-2-4-5-3-1;2-1(3,4)5;/h6-12,15-18H,13-14H2,1-5H3;1-5H;;/q+1;;-1;+2. The maximum absolute atomic E-state index is 9.75. The summed E-state index contributed by atoms with van der Waals surface area (Å²) in [4.78, 5) is 2.48. The molecule has 0 amide bonds. The minimum Gasteiger partial charge on any atom is -0.418 e. The maximum Gasteiger partial charge on any atom is 2.00 e. The van der Waals surface area contributed by atoms with E-state index in [0.29, 0.717) is 17.9 Å². The van der Waals surface area contributed by atoms with Gasteiger partial charge in [0.25, 0.3) is 0 Å². The molecule has 1 unspecified atom stereocenters. The first-order chi connectivity index (χ1) is 16.0. The second kappa shape index (κ2) is 15.3. The van der Waals surface area contributed by atoms with Crippen LogP contribution in [-0.2, 0) is 17.1 Å². The monoisotopic (exact) mass is 530 g/mol. The molecule has 0 bridgehead atoms. The molecule has 8 heteroatoms. The van der Waals surface area contributed by atoms with Crippen molar-refractivity contribution in [1.82, 2.24) is 0 Å². The fourth-order valence-corrected chi connectivity index (χ4v) is 4.00. The Morgan fingerprint density at radius 1 is 0.771 bits per heavy atom. The van der Waals surface area contributed by atoms with Crippen LogP contribution >= 0.6 is 0 Å². The van der Waals surface area contributed by atoms with E-state index in [4.69, 9.17) is 0 Å². The molecule has 2 saturated carbocycles. The SMILES string of the molecule is CC(C)c1cccc(C(C)C)c1N1C=[N+](C(C)[C]2[CH][CH][CH][CH]2)CC1.F[B-](F)(F)F.[CH]1[CH][CH][CH][CH]1.[Fe+2]. The Morgan fingerprint density at radius 3 is 1.60 bits per heavy atom. The maximum atomic E-state index is 9.75. The quantitative estimate of drug-likeness (QED) is 0.228. The number of rotatable bonds is 5. The molecule has 4 rings (SSSR count). The summed E-state index contributed by atoms with van der Waals surface area (Å²) in [6, 6.07) is 7.24. The number of halogens is 4. The number of hydrogen-bond donors (Lipinski definition) is 0. The number of hydrogen-bond acceptors (Lipinski definition) is 1. The summed E-state index contributed by atoms with van der Waals surface area (Å²) in [6.07, 6.45) is 21.0. The van der Waals surface area contributed by atoms with Crippen LogP contribution in [0.25, 0.3) is 0 Å². The fraction of sp³-hybridized carbons (Fsp3) is 0.370. The van der Waals surface area contributed by atoms with E-state index in [9.17, 15) is 17.3 Å². The third-order valence-corrected chi connectivity index (χ3v) is 5.74. The molecule has 35 heavy (non-hydrogen) atoms. The third kappa shape index (κ3) is 10.9. The summed E-state index contributed by atoms with van der Waals surface area (Å²) < 4.78 is 41.5. The van der Waals surface area contributed by atoms with E-state index in [0.717, 1.165) is 13.1 Å². The molecule has 2 aliphatic carbocycles. The van der Waals surface area contributed by atoms with E-state index in [2.05, 4.69) is 94.3 Å². The van der Waals surface area contributed by atoms with Gasteiger partial charge in [-0.2, -0.15) is 0 Å². The largest absolute Gasteiger partial charge is 2.00 e. The van der Waals surface area contributed by atoms with Crippen LogP contribution in [0.5, 0.6) is 0 Å². The molecule has 2 fully saturated rings. The van der Waals surface area contributed by atoms with Crippen molar-refractivity contribution in [2.75, 3.05) is 18.0 Å². The van der Waals surface area contributed by atoms with Gasteiger partial charge in [0.1, 0.15) is 18.8 Å². The third-order valence-electron chi connectivity index (χ3n) is 5.74. The Morgan fingerprint density at radius 2 is 1.20 bits per heavy atom. The fourth-order valence-electron chi connectivity index (χ4n) is 4.00. The molecule has 1 heterocycles. The first-order valence-electron chi connectivity index (χ1n) is 11.7. The van der Waals surface area contributed by atoms with Gasteiger partial charge >= 0.3 is 24.3 Å². The number of para-hydroxylation sites is 1. The van der Waals surface area contributed by atoms with Gasteiger partial charge in [0.15, 0.2) is 0 Å². The Balaban J connectivity index is 0.000000466. The topological polar surface area (TPSA) is 6.25 Å². The molecule has 0 aromatic heterocycles. The second-order valence-corrected chi connectivity index (χ2v) is 8.99. The molecule has 1 aromatic carbocycles. The van der Waals surface area contributed by atoms with Crippen LogP contribution in [0.4, 0.5) is 23.0 Å². The van der Waals surface area contributed by atoms with Crippen LogP contribution in [0.3, 0.4) is 0 Å². The van der Waals surface area contributed by atoms with Crippen LogP contribution in [0.1, 0.15) is 57.6 Å². The normalized spacial score (nSPS) is 19.1. The molecule has 0 N–H and O–H groups in total. The zero-order valence-corrected chi connectivity index (χ0v) is 22.1. The van der Waals surface area contributed by atoms with E-state index < -0.39 is 7.25 Å². The molecular weight excluding hydrogens is 495 g/mol. The van der Waals surface area contributed by atoms with Crippen molar-refractivity contribution in [3.05, 3.63) is 93.0 Å². The molecule has 0 spiro atoms. The molecule has 1 atom stereocenters. The van der Waals surface area contributed by atoms with E-state index in [-0.39, 0.29) is 17.1 Å². The van der Waals surface area contributed by atoms with Gasteiger partial charge in [0.05, 0.1) is 6.04 Å². The van der Waals surface area contributed by atoms with E-state index in [1.165, 1.54) is 22.7 Å². The van der Waals surface area contributed by atoms with Crippen LogP contribution in [0, 0.1) is 63.7 Å². The average molecular weight is 530 g/mol. The van der Waals surface area contributed by atoms with Crippen LogP contribution in [-0.4, -0.2) is 37.3 Å². The van der Waals surface area contributed by atoms with E-state index >= 15 is 0 Å². The van der Waals surface area contributed by atoms with Gasteiger partial charge in [0.2, 0.25) is 6.34 Å². The van der Waals surface area contributed by atoms with Crippen molar-refractivity contribution < 1.29 is 38.9 Å². The first-order valence-corrected chi connectivity index (χ1v) is 11.7. The van der Waals surface area contributed by atoms with Crippen molar-refractivity contribution in [2.45, 2.75) is 52.5 Å². The minimum atomic E-state index is -6.00. The Labute approximate surface area is 221 Å². The summed E-state index contributed by atoms with van der Waals surface area (Å²) >= 11 is 0. The molecule has 2 nitrogen and oxygen atoms in total. The van der Waals surface area contributed by atoms with Crippen molar-refractivity contribution in [3.8, 4) is 0 Å². The van der Waals surface area contributed by atoms with Gasteiger partial charge in [-0.05, 0) is 76.5 Å². The van der Waals surface area contributed by atoms with Gasteiger partial charge in [0, 0.05) is 17.0 Å². The second-order valence-electron chi connectivity index (χ2n) is 8.99.